The highest BCUT2D eigenvalue weighted by Gasteiger charge is 2.43. The summed E-state index contributed by atoms with van der Waals surface area (Å²) in [5.74, 6) is -0.347. The minimum Gasteiger partial charge on any atom is -0.497 e. The molecule has 0 aromatic heterocycles. The molecule has 10 heteroatoms. The second-order valence-electron chi connectivity index (χ2n) is 7.18. The van der Waals surface area contributed by atoms with Crippen molar-refractivity contribution in [1.29, 1.82) is 0 Å². The average Bonchev–Trinajstić information content (AvgIpc) is 3.01. The molecular weight excluding hydrogens is 374 g/mol. The van der Waals surface area contributed by atoms with Crippen LogP contribution in [0.5, 0.6) is 5.75 Å². The second kappa shape index (κ2) is 7.01. The summed E-state index contributed by atoms with van der Waals surface area (Å²) < 4.78 is 31.4. The number of methoxy groups -OCH3 is 1. The highest BCUT2D eigenvalue weighted by molar-refractivity contribution is 7.89. The van der Waals surface area contributed by atoms with Crippen LogP contribution in [0.25, 0.3) is 0 Å². The molecule has 0 bridgehead atoms. The van der Waals surface area contributed by atoms with Gasteiger partial charge in [-0.3, -0.25) is 4.79 Å². The zero-order chi connectivity index (χ0) is 19.8. The maximum absolute atomic E-state index is 12.6. The first-order chi connectivity index (χ1) is 12.7. The topological polar surface area (TPSA) is 116 Å². The molecule has 1 aromatic rings. The van der Waals surface area contributed by atoms with Crippen molar-refractivity contribution in [2.24, 2.45) is 5.41 Å². The third kappa shape index (κ3) is 3.72. The van der Waals surface area contributed by atoms with E-state index >= 15 is 0 Å². The third-order valence-corrected chi connectivity index (χ3v) is 7.00. The number of hydrogen-bond acceptors (Lipinski definition) is 5. The molecule has 2 saturated heterocycles. The van der Waals surface area contributed by atoms with Crippen LogP contribution < -0.4 is 10.1 Å². The van der Waals surface area contributed by atoms with Crippen LogP contribution in [-0.4, -0.2) is 74.1 Å². The monoisotopic (exact) mass is 397 g/mol. The number of rotatable bonds is 5. The number of amides is 2. The number of nitrogens with zero attached hydrogens (tertiary/aromatic N) is 2. The number of carboxylic acid groups (broad SMARTS) is 1. The lowest BCUT2D eigenvalue weighted by atomic mass is 9.90. The van der Waals surface area contributed by atoms with Gasteiger partial charge < -0.3 is 20.1 Å². The summed E-state index contributed by atoms with van der Waals surface area (Å²) in [6.07, 6.45) is 0.401. The highest BCUT2D eigenvalue weighted by Crippen LogP contribution is 2.30. The van der Waals surface area contributed by atoms with Gasteiger partial charge in [-0.05, 0) is 37.6 Å². The van der Waals surface area contributed by atoms with Crippen molar-refractivity contribution in [2.45, 2.75) is 24.3 Å². The standard InChI is InChI=1S/C17H23N3O6S/c1-17(15(21)22)7-8-19(11-17)16(23)18-12-9-20(10-12)27(24,25)14-5-3-13(26-2)4-6-14/h3-6,12H,7-11H2,1-2H3,(H,18,23)(H,21,22). The molecule has 2 amide bonds. The van der Waals surface area contributed by atoms with Crippen LogP contribution in [0.3, 0.4) is 0 Å². The molecule has 9 nitrogen and oxygen atoms in total. The van der Waals surface area contributed by atoms with E-state index in [0.717, 1.165) is 0 Å². The number of benzene rings is 1. The first kappa shape index (κ1) is 19.4. The van der Waals surface area contributed by atoms with E-state index in [1.54, 1.807) is 19.1 Å². The molecular formula is C17H23N3O6S. The molecule has 2 aliphatic rings. The lowest BCUT2D eigenvalue weighted by Crippen LogP contribution is -2.62. The van der Waals surface area contributed by atoms with Gasteiger partial charge >= 0.3 is 12.0 Å². The van der Waals surface area contributed by atoms with Crippen molar-refractivity contribution in [3.05, 3.63) is 24.3 Å². The Kier molecular flexibility index (Phi) is 5.04. The quantitative estimate of drug-likeness (QED) is 0.751. The lowest BCUT2D eigenvalue weighted by Gasteiger charge is -2.39. The SMILES string of the molecule is COc1ccc(S(=O)(=O)N2CC(NC(=O)N3CCC(C)(C(=O)O)C3)C2)cc1. The molecule has 0 saturated carbocycles. The molecule has 2 fully saturated rings. The Morgan fingerprint density at radius 1 is 1.26 bits per heavy atom. The number of hydrogen-bond donors (Lipinski definition) is 2. The lowest BCUT2D eigenvalue weighted by molar-refractivity contribution is -0.147. The maximum Gasteiger partial charge on any atom is 0.317 e. The molecule has 2 heterocycles. The number of ether oxygens (including phenoxy) is 1. The predicted octanol–water partition coefficient (Wildman–Crippen LogP) is 0.574. The van der Waals surface area contributed by atoms with E-state index in [9.17, 15) is 23.1 Å². The summed E-state index contributed by atoms with van der Waals surface area (Å²) in [6.45, 7) is 2.51. The van der Waals surface area contributed by atoms with Crippen molar-refractivity contribution in [1.82, 2.24) is 14.5 Å². The number of nitrogens with one attached hydrogen (secondary N) is 1. The number of likely N-dealkylation sites (tertiary alicyclic amines) is 1. The highest BCUT2D eigenvalue weighted by atomic mass is 32.2. The van der Waals surface area contributed by atoms with Crippen molar-refractivity contribution < 1.29 is 27.9 Å². The Balaban J connectivity index is 1.53. The Morgan fingerprint density at radius 3 is 2.41 bits per heavy atom. The predicted molar refractivity (Wildman–Crippen MR) is 96.0 cm³/mol. The first-order valence-electron chi connectivity index (χ1n) is 8.59. The van der Waals surface area contributed by atoms with Crippen LogP contribution in [0.4, 0.5) is 4.79 Å². The van der Waals surface area contributed by atoms with Gasteiger partial charge in [-0.25, -0.2) is 13.2 Å². The van der Waals surface area contributed by atoms with Crippen molar-refractivity contribution in [3.63, 3.8) is 0 Å². The molecule has 0 spiro atoms. The summed E-state index contributed by atoms with van der Waals surface area (Å²) in [6, 6.07) is 5.49. The van der Waals surface area contributed by atoms with Crippen molar-refractivity contribution >= 4 is 22.0 Å². The van der Waals surface area contributed by atoms with Crippen LogP contribution >= 0.6 is 0 Å². The largest absolute Gasteiger partial charge is 0.497 e. The number of carboxylic acids is 1. The number of urea groups is 1. The molecule has 1 atom stereocenters. The van der Waals surface area contributed by atoms with Gasteiger partial charge in [0, 0.05) is 26.2 Å². The maximum atomic E-state index is 12.6. The molecule has 2 aliphatic heterocycles. The molecule has 2 N–H and O–H groups in total. The molecule has 3 rings (SSSR count). The van der Waals surface area contributed by atoms with E-state index in [0.29, 0.717) is 18.7 Å². The first-order valence-corrected chi connectivity index (χ1v) is 10.0. The number of carbonyl (C=O) groups is 2. The number of aliphatic carboxylic acids is 1. The van der Waals surface area contributed by atoms with Gasteiger partial charge in [0.2, 0.25) is 10.0 Å². The minimum absolute atomic E-state index is 0.148. The van der Waals surface area contributed by atoms with Crippen molar-refractivity contribution in [3.8, 4) is 5.75 Å². The third-order valence-electron chi connectivity index (χ3n) is 5.15. The van der Waals surface area contributed by atoms with Gasteiger partial charge in [0.1, 0.15) is 5.75 Å². The van der Waals surface area contributed by atoms with Crippen LogP contribution in [0.1, 0.15) is 13.3 Å². The second-order valence-corrected chi connectivity index (χ2v) is 9.12. The van der Waals surface area contributed by atoms with Gasteiger partial charge in [0.15, 0.2) is 0 Å². The molecule has 148 valence electrons. The number of carbonyl (C=O) groups excluding carboxylic acids is 1. The summed E-state index contributed by atoms with van der Waals surface area (Å²) in [4.78, 5) is 25.2. The van der Waals surface area contributed by atoms with E-state index in [4.69, 9.17) is 4.74 Å². The normalized spacial score (nSPS) is 23.7. The average molecular weight is 397 g/mol. The van der Waals surface area contributed by atoms with E-state index in [1.807, 2.05) is 0 Å². The summed E-state index contributed by atoms with van der Waals surface area (Å²) in [5.41, 5.74) is -0.930. The number of sulfonamides is 1. The smallest absolute Gasteiger partial charge is 0.317 e. The molecule has 27 heavy (non-hydrogen) atoms. The summed E-state index contributed by atoms with van der Waals surface area (Å²) in [7, 11) is -2.10. The summed E-state index contributed by atoms with van der Waals surface area (Å²) >= 11 is 0. The van der Waals surface area contributed by atoms with E-state index < -0.39 is 21.4 Å². The van der Waals surface area contributed by atoms with E-state index in [2.05, 4.69) is 5.32 Å². The fourth-order valence-electron chi connectivity index (χ4n) is 3.20. The molecule has 1 unspecified atom stereocenters. The summed E-state index contributed by atoms with van der Waals surface area (Å²) in [5, 5.41) is 12.0. The van der Waals surface area contributed by atoms with Crippen LogP contribution in [0.2, 0.25) is 0 Å². The van der Waals surface area contributed by atoms with Crippen LogP contribution in [-0.2, 0) is 14.8 Å². The van der Waals surface area contributed by atoms with E-state index in [1.165, 1.54) is 28.4 Å². The molecule has 0 aliphatic carbocycles. The minimum atomic E-state index is -3.61. The Hall–Kier alpha value is -2.33. The van der Waals surface area contributed by atoms with Crippen LogP contribution in [0, 0.1) is 5.41 Å². The van der Waals surface area contributed by atoms with Gasteiger partial charge in [-0.1, -0.05) is 0 Å². The Labute approximate surface area is 157 Å². The zero-order valence-corrected chi connectivity index (χ0v) is 16.0. The Bertz CT molecular complexity index is 835. The zero-order valence-electron chi connectivity index (χ0n) is 15.2. The Morgan fingerprint density at radius 2 is 1.89 bits per heavy atom. The fraction of sp³-hybridized carbons (Fsp3) is 0.529. The fourth-order valence-corrected chi connectivity index (χ4v) is 4.73. The van der Waals surface area contributed by atoms with Gasteiger partial charge in [0.25, 0.3) is 0 Å². The van der Waals surface area contributed by atoms with E-state index in [-0.39, 0.29) is 36.6 Å². The van der Waals surface area contributed by atoms with Crippen molar-refractivity contribution in [2.75, 3.05) is 33.3 Å². The van der Waals surface area contributed by atoms with Crippen LogP contribution in [0.15, 0.2) is 29.2 Å². The van der Waals surface area contributed by atoms with Gasteiger partial charge in [0.05, 0.1) is 23.5 Å². The molecule has 0 radical (unpaired) electrons. The van der Waals surface area contributed by atoms with Gasteiger partial charge in [-0.15, -0.1) is 0 Å². The molecule has 1 aromatic carbocycles. The van der Waals surface area contributed by atoms with Gasteiger partial charge in [-0.2, -0.15) is 4.31 Å².